The summed E-state index contributed by atoms with van der Waals surface area (Å²) in [5.74, 6) is -0.519. The van der Waals surface area contributed by atoms with E-state index in [9.17, 15) is 13.2 Å². The van der Waals surface area contributed by atoms with Gasteiger partial charge in [0.2, 0.25) is 10.0 Å². The summed E-state index contributed by atoms with van der Waals surface area (Å²) >= 11 is 9.03. The van der Waals surface area contributed by atoms with E-state index in [0.717, 1.165) is 10.6 Å². The van der Waals surface area contributed by atoms with E-state index in [2.05, 4.69) is 15.0 Å². The maximum Gasteiger partial charge on any atom is 0.259 e. The van der Waals surface area contributed by atoms with Crippen LogP contribution in [0.1, 0.15) is 29.1 Å². The summed E-state index contributed by atoms with van der Waals surface area (Å²) in [6.07, 6.45) is 0. The fraction of sp³-hybridized carbons (Fsp3) is 0.222. The molecule has 10 heteroatoms. The number of halogens is 1. The lowest BCUT2D eigenvalue weighted by molar-refractivity contribution is 0.102. The monoisotopic (exact) mass is 455 g/mol. The molecule has 3 aromatic rings. The number of hydrogen-bond donors (Lipinski definition) is 2. The predicted octanol–water partition coefficient (Wildman–Crippen LogP) is 4.77. The molecule has 3 rings (SSSR count). The van der Waals surface area contributed by atoms with Crippen molar-refractivity contribution in [1.29, 1.82) is 0 Å². The smallest absolute Gasteiger partial charge is 0.259 e. The fourth-order valence-electron chi connectivity index (χ4n) is 2.40. The van der Waals surface area contributed by atoms with E-state index >= 15 is 0 Å². The van der Waals surface area contributed by atoms with Gasteiger partial charge in [0.1, 0.15) is 0 Å². The number of sulfonamides is 1. The Hall–Kier alpha value is -1.78. The molecule has 28 heavy (non-hydrogen) atoms. The summed E-state index contributed by atoms with van der Waals surface area (Å²) in [6, 6.07) is 7.74. The highest BCUT2D eigenvalue weighted by Crippen LogP contribution is 2.31. The first-order chi connectivity index (χ1) is 13.2. The molecule has 2 heterocycles. The second kappa shape index (κ2) is 8.30. The zero-order valence-corrected chi connectivity index (χ0v) is 18.5. The molecular weight excluding hydrogens is 438 g/mol. The molecule has 0 unspecified atom stereocenters. The van der Waals surface area contributed by atoms with E-state index in [0.29, 0.717) is 5.13 Å². The van der Waals surface area contributed by atoms with Gasteiger partial charge in [-0.1, -0.05) is 11.6 Å². The van der Waals surface area contributed by atoms with Crippen LogP contribution < -0.4 is 10.0 Å². The highest BCUT2D eigenvalue weighted by Gasteiger charge is 2.20. The van der Waals surface area contributed by atoms with Crippen molar-refractivity contribution in [2.45, 2.75) is 31.7 Å². The molecule has 1 amide bonds. The molecule has 148 valence electrons. The van der Waals surface area contributed by atoms with E-state index in [4.69, 9.17) is 11.6 Å². The van der Waals surface area contributed by atoms with Crippen LogP contribution in [0.3, 0.4) is 0 Å². The van der Waals surface area contributed by atoms with Crippen molar-refractivity contribution in [2.75, 3.05) is 5.32 Å². The quantitative estimate of drug-likeness (QED) is 0.560. The Kier molecular flexibility index (Phi) is 6.21. The van der Waals surface area contributed by atoms with Crippen LogP contribution in [0, 0.1) is 6.92 Å². The number of rotatable bonds is 6. The Morgan fingerprint density at radius 1 is 1.21 bits per heavy atom. The first-order valence-electron chi connectivity index (χ1n) is 8.31. The summed E-state index contributed by atoms with van der Waals surface area (Å²) in [7, 11) is -3.74. The predicted molar refractivity (Wildman–Crippen MR) is 115 cm³/mol. The minimum atomic E-state index is -3.74. The number of anilines is 1. The van der Waals surface area contributed by atoms with Crippen LogP contribution in [-0.4, -0.2) is 25.4 Å². The molecule has 0 aliphatic carbocycles. The van der Waals surface area contributed by atoms with Crippen LogP contribution in [0.4, 0.5) is 5.13 Å². The van der Waals surface area contributed by atoms with Crippen LogP contribution in [-0.2, 0) is 10.0 Å². The van der Waals surface area contributed by atoms with Gasteiger partial charge < -0.3 is 0 Å². The molecule has 2 aromatic heterocycles. The number of nitrogens with one attached hydrogen (secondary N) is 2. The van der Waals surface area contributed by atoms with Crippen molar-refractivity contribution in [1.82, 2.24) is 9.71 Å². The third-order valence-corrected chi connectivity index (χ3v) is 7.37. The van der Waals surface area contributed by atoms with Crippen LogP contribution in [0.2, 0.25) is 5.02 Å². The van der Waals surface area contributed by atoms with Gasteiger partial charge in [-0.2, -0.15) is 0 Å². The Morgan fingerprint density at radius 3 is 2.61 bits per heavy atom. The van der Waals surface area contributed by atoms with Gasteiger partial charge in [0, 0.05) is 16.3 Å². The second-order valence-electron chi connectivity index (χ2n) is 6.32. The van der Waals surface area contributed by atoms with Crippen LogP contribution >= 0.6 is 34.3 Å². The Morgan fingerprint density at radius 2 is 1.96 bits per heavy atom. The van der Waals surface area contributed by atoms with Crippen LogP contribution in [0.5, 0.6) is 0 Å². The Balaban J connectivity index is 1.83. The van der Waals surface area contributed by atoms with Crippen LogP contribution in [0.15, 0.2) is 40.6 Å². The second-order valence-corrected chi connectivity index (χ2v) is 10.6. The molecule has 0 bridgehead atoms. The summed E-state index contributed by atoms with van der Waals surface area (Å²) in [6.45, 7) is 5.45. The number of amides is 1. The van der Waals surface area contributed by atoms with E-state index < -0.39 is 15.9 Å². The topological polar surface area (TPSA) is 88.2 Å². The zero-order chi connectivity index (χ0) is 20.5. The summed E-state index contributed by atoms with van der Waals surface area (Å²) < 4.78 is 27.2. The molecule has 1 aromatic carbocycles. The first kappa shape index (κ1) is 20.9. The van der Waals surface area contributed by atoms with E-state index in [1.54, 1.807) is 25.2 Å². The molecule has 0 saturated carbocycles. The standard InChI is InChI=1S/C18H18ClN3O3S3/c1-10(2)22-28(24,25)12-5-6-14(19)13(8-12)17(23)21-18-20-15(9-26-18)16-7-4-11(3)27-16/h4-10,22H,1-3H3,(H,20,21,23). The van der Waals surface area contributed by atoms with Crippen molar-refractivity contribution < 1.29 is 13.2 Å². The Labute approximate surface area is 176 Å². The number of thiophene rings is 1. The number of carbonyl (C=O) groups is 1. The number of benzene rings is 1. The number of aromatic nitrogens is 1. The van der Waals surface area contributed by atoms with Crippen LogP contribution in [0.25, 0.3) is 10.6 Å². The summed E-state index contributed by atoms with van der Waals surface area (Å²) in [4.78, 5) is 19.2. The lowest BCUT2D eigenvalue weighted by atomic mass is 10.2. The van der Waals surface area contributed by atoms with Gasteiger partial charge in [0.05, 0.1) is 26.1 Å². The lowest BCUT2D eigenvalue weighted by Gasteiger charge is -2.11. The van der Waals surface area contributed by atoms with E-state index in [1.165, 1.54) is 34.4 Å². The molecule has 0 aliphatic heterocycles. The van der Waals surface area contributed by atoms with Crippen molar-refractivity contribution in [3.05, 3.63) is 51.2 Å². The highest BCUT2D eigenvalue weighted by molar-refractivity contribution is 7.89. The fourth-order valence-corrected chi connectivity index (χ4v) is 5.49. The van der Waals surface area contributed by atoms with Gasteiger partial charge in [-0.05, 0) is 51.1 Å². The molecule has 0 saturated heterocycles. The zero-order valence-electron chi connectivity index (χ0n) is 15.3. The average Bonchev–Trinajstić information content (AvgIpc) is 3.22. The van der Waals surface area contributed by atoms with E-state index in [-0.39, 0.29) is 21.5 Å². The third kappa shape index (κ3) is 4.79. The number of hydrogen-bond acceptors (Lipinski definition) is 6. The largest absolute Gasteiger partial charge is 0.298 e. The Bertz CT molecular complexity index is 1120. The average molecular weight is 456 g/mol. The molecule has 0 spiro atoms. The van der Waals surface area contributed by atoms with Crippen molar-refractivity contribution in [3.8, 4) is 10.6 Å². The third-order valence-electron chi connectivity index (χ3n) is 3.60. The number of thiazole rings is 1. The van der Waals surface area contributed by atoms with Crippen molar-refractivity contribution in [2.24, 2.45) is 0 Å². The molecule has 0 fully saturated rings. The normalized spacial score (nSPS) is 11.8. The SMILES string of the molecule is Cc1ccc(-c2csc(NC(=O)c3cc(S(=O)(=O)NC(C)C)ccc3Cl)n2)s1. The molecule has 0 radical (unpaired) electrons. The minimum absolute atomic E-state index is 0.0235. The van der Waals surface area contributed by atoms with Gasteiger partial charge >= 0.3 is 0 Å². The van der Waals surface area contributed by atoms with Crippen molar-refractivity contribution in [3.63, 3.8) is 0 Å². The van der Waals surface area contributed by atoms with Gasteiger partial charge in [0.15, 0.2) is 5.13 Å². The van der Waals surface area contributed by atoms with Gasteiger partial charge in [-0.15, -0.1) is 22.7 Å². The minimum Gasteiger partial charge on any atom is -0.298 e. The highest BCUT2D eigenvalue weighted by atomic mass is 35.5. The molecule has 2 N–H and O–H groups in total. The summed E-state index contributed by atoms with van der Waals surface area (Å²) in [5, 5.41) is 5.12. The van der Waals surface area contributed by atoms with Crippen molar-refractivity contribution >= 4 is 55.3 Å². The number of carbonyl (C=O) groups excluding carboxylic acids is 1. The molecule has 0 atom stereocenters. The number of aryl methyl sites for hydroxylation is 1. The lowest BCUT2D eigenvalue weighted by Crippen LogP contribution is -2.30. The van der Waals surface area contributed by atoms with Gasteiger partial charge in [0.25, 0.3) is 5.91 Å². The molecule has 0 aliphatic rings. The maximum absolute atomic E-state index is 12.6. The number of nitrogens with zero attached hydrogens (tertiary/aromatic N) is 1. The summed E-state index contributed by atoms with van der Waals surface area (Å²) in [5.41, 5.74) is 0.846. The first-order valence-corrected chi connectivity index (χ1v) is 11.9. The molecular formula is C18H18ClN3O3S3. The van der Waals surface area contributed by atoms with Gasteiger partial charge in [-0.3, -0.25) is 10.1 Å². The van der Waals surface area contributed by atoms with E-state index in [1.807, 2.05) is 24.4 Å². The van der Waals surface area contributed by atoms with Gasteiger partial charge in [-0.25, -0.2) is 18.1 Å². The molecule has 6 nitrogen and oxygen atoms in total. The maximum atomic E-state index is 12.6.